The first-order valence-electron chi connectivity index (χ1n) is 9.46. The van der Waals surface area contributed by atoms with Crippen LogP contribution < -0.4 is 10.1 Å². The van der Waals surface area contributed by atoms with E-state index >= 15 is 0 Å². The third kappa shape index (κ3) is 4.89. The number of thiazole rings is 1. The lowest BCUT2D eigenvalue weighted by Gasteiger charge is -2.10. The predicted molar refractivity (Wildman–Crippen MR) is 124 cm³/mol. The normalized spacial score (nSPS) is 10.6. The maximum absolute atomic E-state index is 11.7. The summed E-state index contributed by atoms with van der Waals surface area (Å²) in [6.07, 6.45) is 5.85. The summed E-state index contributed by atoms with van der Waals surface area (Å²) in [7, 11) is 1.61. The lowest BCUT2D eigenvalue weighted by Crippen LogP contribution is -2.12. The molecule has 9 nitrogen and oxygen atoms in total. The average Bonchev–Trinajstić information content (AvgIpc) is 3.28. The van der Waals surface area contributed by atoms with E-state index in [1.807, 2.05) is 24.3 Å². The molecule has 0 fully saturated rings. The van der Waals surface area contributed by atoms with Gasteiger partial charge in [0.1, 0.15) is 11.4 Å². The molecule has 0 spiro atoms. The molecule has 0 saturated carbocycles. The highest BCUT2D eigenvalue weighted by molar-refractivity contribution is 9.10. The van der Waals surface area contributed by atoms with Crippen LogP contribution in [0.4, 0.5) is 9.93 Å². The first-order valence-corrected chi connectivity index (χ1v) is 11.1. The van der Waals surface area contributed by atoms with Gasteiger partial charge in [-0.2, -0.15) is 0 Å². The van der Waals surface area contributed by atoms with E-state index < -0.39 is 6.09 Å². The Morgan fingerprint density at radius 3 is 2.69 bits per heavy atom. The van der Waals surface area contributed by atoms with Crippen LogP contribution in [0.2, 0.25) is 0 Å². The van der Waals surface area contributed by atoms with Crippen molar-refractivity contribution in [2.24, 2.45) is 0 Å². The number of anilines is 1. The second-order valence-electron chi connectivity index (χ2n) is 6.27. The number of halogens is 1. The molecule has 4 aromatic rings. The van der Waals surface area contributed by atoms with Crippen LogP contribution in [0.3, 0.4) is 0 Å². The highest BCUT2D eigenvalue weighted by atomic mass is 79.9. The zero-order chi connectivity index (χ0) is 22.5. The Balaban J connectivity index is 1.80. The fourth-order valence-electron chi connectivity index (χ4n) is 2.77. The van der Waals surface area contributed by atoms with Gasteiger partial charge in [-0.15, -0.1) is 0 Å². The van der Waals surface area contributed by atoms with Crippen molar-refractivity contribution < 1.29 is 14.3 Å². The van der Waals surface area contributed by atoms with Crippen LogP contribution in [-0.2, 0) is 4.74 Å². The Morgan fingerprint density at radius 2 is 1.94 bits per heavy atom. The minimum Gasteiger partial charge on any atom is -0.497 e. The maximum atomic E-state index is 11.7. The van der Waals surface area contributed by atoms with Gasteiger partial charge in [0.05, 0.1) is 36.2 Å². The van der Waals surface area contributed by atoms with Crippen molar-refractivity contribution in [2.75, 3.05) is 19.0 Å². The van der Waals surface area contributed by atoms with Crippen LogP contribution in [0.15, 0.2) is 53.5 Å². The Morgan fingerprint density at radius 1 is 1.09 bits per heavy atom. The van der Waals surface area contributed by atoms with Gasteiger partial charge in [0, 0.05) is 28.6 Å². The van der Waals surface area contributed by atoms with E-state index in [0.717, 1.165) is 14.9 Å². The van der Waals surface area contributed by atoms with Gasteiger partial charge in [0.25, 0.3) is 0 Å². The number of nitrogens with one attached hydrogen (secondary N) is 1. The molecule has 0 aliphatic carbocycles. The van der Waals surface area contributed by atoms with E-state index in [0.29, 0.717) is 33.8 Å². The molecule has 3 heterocycles. The number of rotatable bonds is 6. The van der Waals surface area contributed by atoms with Crippen LogP contribution in [-0.4, -0.2) is 44.7 Å². The van der Waals surface area contributed by atoms with E-state index in [2.05, 4.69) is 41.2 Å². The monoisotopic (exact) mass is 512 g/mol. The molecule has 0 radical (unpaired) electrons. The summed E-state index contributed by atoms with van der Waals surface area (Å²) in [6.45, 7) is 2.01. The molecular weight excluding hydrogens is 496 g/mol. The number of amides is 1. The molecule has 0 saturated heterocycles. The summed E-state index contributed by atoms with van der Waals surface area (Å²) >= 11 is 4.86. The zero-order valence-corrected chi connectivity index (χ0v) is 19.5. The molecule has 162 valence electrons. The molecule has 3 aromatic heterocycles. The summed E-state index contributed by atoms with van der Waals surface area (Å²) in [5.74, 6) is 1.11. The molecule has 0 bridgehead atoms. The molecule has 1 aromatic carbocycles. The quantitative estimate of drug-likeness (QED) is 0.381. The SMILES string of the molecule is CCOC(=O)Nc1ncc(-c2cc(-c3cc(OC)ccc3Br)nc(-c3cnccn3)n2)s1. The highest BCUT2D eigenvalue weighted by Gasteiger charge is 2.16. The third-order valence-electron chi connectivity index (χ3n) is 4.21. The van der Waals surface area contributed by atoms with Crippen LogP contribution in [0.5, 0.6) is 5.75 Å². The number of ether oxygens (including phenoxy) is 2. The summed E-state index contributed by atoms with van der Waals surface area (Å²) < 4.78 is 11.1. The summed E-state index contributed by atoms with van der Waals surface area (Å²) in [6, 6.07) is 7.49. The molecule has 0 unspecified atom stereocenters. The summed E-state index contributed by atoms with van der Waals surface area (Å²) in [5.41, 5.74) is 2.64. The van der Waals surface area contributed by atoms with E-state index in [1.54, 1.807) is 38.8 Å². The molecule has 4 rings (SSSR count). The van der Waals surface area contributed by atoms with Crippen molar-refractivity contribution >= 4 is 38.5 Å². The standard InChI is InChI=1S/C21H17BrN6O3S/c1-3-31-21(29)28-20-25-11-18(32-20)16-9-15(13-8-12(30-2)4-5-14(13)22)26-19(27-16)17-10-23-6-7-24-17/h4-11H,3H2,1-2H3,(H,25,28,29). The van der Waals surface area contributed by atoms with Gasteiger partial charge in [-0.05, 0) is 31.2 Å². The van der Waals surface area contributed by atoms with E-state index in [9.17, 15) is 4.79 Å². The predicted octanol–water partition coefficient (Wildman–Crippen LogP) is 5.06. The number of nitrogens with zero attached hydrogens (tertiary/aromatic N) is 5. The van der Waals surface area contributed by atoms with Crippen LogP contribution in [0, 0.1) is 0 Å². The molecule has 11 heteroatoms. The fraction of sp³-hybridized carbons (Fsp3) is 0.143. The molecule has 1 N–H and O–H groups in total. The topological polar surface area (TPSA) is 112 Å². The van der Waals surface area contributed by atoms with Gasteiger partial charge in [-0.25, -0.2) is 24.7 Å². The Bertz CT molecular complexity index is 1250. The molecule has 0 aliphatic heterocycles. The van der Waals surface area contributed by atoms with Crippen molar-refractivity contribution in [3.8, 4) is 39.1 Å². The van der Waals surface area contributed by atoms with Gasteiger partial charge in [0.2, 0.25) is 0 Å². The number of carbonyl (C=O) groups is 1. The second kappa shape index (κ2) is 9.79. The number of hydrogen-bond donors (Lipinski definition) is 1. The Labute approximate surface area is 196 Å². The van der Waals surface area contributed by atoms with Crippen molar-refractivity contribution in [3.05, 3.63) is 53.5 Å². The Kier molecular flexibility index (Phi) is 6.66. The number of carbonyl (C=O) groups excluding carboxylic acids is 1. The van der Waals surface area contributed by atoms with Gasteiger partial charge in [0.15, 0.2) is 11.0 Å². The lowest BCUT2D eigenvalue weighted by molar-refractivity contribution is 0.168. The van der Waals surface area contributed by atoms with Crippen LogP contribution in [0.1, 0.15) is 6.92 Å². The van der Waals surface area contributed by atoms with Crippen LogP contribution in [0.25, 0.3) is 33.3 Å². The minimum absolute atomic E-state index is 0.274. The largest absolute Gasteiger partial charge is 0.497 e. The molecular formula is C21H17BrN6O3S. The van der Waals surface area contributed by atoms with Gasteiger partial charge in [-0.1, -0.05) is 27.3 Å². The zero-order valence-electron chi connectivity index (χ0n) is 17.1. The Hall–Kier alpha value is -3.44. The van der Waals surface area contributed by atoms with E-state index in [-0.39, 0.29) is 6.61 Å². The van der Waals surface area contributed by atoms with Crippen LogP contribution >= 0.6 is 27.3 Å². The van der Waals surface area contributed by atoms with Crippen molar-refractivity contribution in [1.82, 2.24) is 24.9 Å². The highest BCUT2D eigenvalue weighted by Crippen LogP contribution is 2.35. The molecule has 0 aliphatic rings. The van der Waals surface area contributed by atoms with Gasteiger partial charge >= 0.3 is 6.09 Å². The van der Waals surface area contributed by atoms with Gasteiger partial charge < -0.3 is 9.47 Å². The smallest absolute Gasteiger partial charge is 0.413 e. The first kappa shape index (κ1) is 21.8. The average molecular weight is 513 g/mol. The van der Waals surface area contributed by atoms with Crippen molar-refractivity contribution in [1.29, 1.82) is 0 Å². The minimum atomic E-state index is -0.558. The lowest BCUT2D eigenvalue weighted by atomic mass is 10.1. The van der Waals surface area contributed by atoms with Gasteiger partial charge in [-0.3, -0.25) is 10.3 Å². The summed E-state index contributed by atoms with van der Waals surface area (Å²) in [4.78, 5) is 34.5. The van der Waals surface area contributed by atoms with E-state index in [1.165, 1.54) is 11.3 Å². The number of aromatic nitrogens is 5. The van der Waals surface area contributed by atoms with Crippen molar-refractivity contribution in [3.63, 3.8) is 0 Å². The van der Waals surface area contributed by atoms with E-state index in [4.69, 9.17) is 14.5 Å². The maximum Gasteiger partial charge on any atom is 0.413 e. The fourth-order valence-corrected chi connectivity index (χ4v) is 3.99. The molecule has 1 amide bonds. The van der Waals surface area contributed by atoms with Crippen molar-refractivity contribution in [2.45, 2.75) is 6.92 Å². The summed E-state index contributed by atoms with van der Waals surface area (Å²) in [5, 5.41) is 3.01. The first-order chi connectivity index (χ1) is 15.6. The number of methoxy groups -OCH3 is 1. The second-order valence-corrected chi connectivity index (χ2v) is 8.16. The third-order valence-corrected chi connectivity index (χ3v) is 5.84. The molecule has 0 atom stereocenters. The number of benzene rings is 1. The number of hydrogen-bond acceptors (Lipinski definition) is 9. The molecule has 32 heavy (non-hydrogen) atoms.